The van der Waals surface area contributed by atoms with Gasteiger partial charge < -0.3 is 10.4 Å². The Hall–Kier alpha value is -2.69. The van der Waals surface area contributed by atoms with Crippen LogP contribution in [0.5, 0.6) is 0 Å². The highest BCUT2D eigenvalue weighted by Crippen LogP contribution is 2.43. The third-order valence-corrected chi connectivity index (χ3v) is 5.02. The summed E-state index contributed by atoms with van der Waals surface area (Å²) in [7, 11) is 0. The molecule has 1 amide bonds. The summed E-state index contributed by atoms with van der Waals surface area (Å²) in [5.74, 6) is -0.943. The normalized spacial score (nSPS) is 18.3. The Morgan fingerprint density at radius 2 is 2.00 bits per heavy atom. The largest absolute Gasteiger partial charge is 0.477 e. The van der Waals surface area contributed by atoms with E-state index in [0.717, 1.165) is 18.5 Å². The van der Waals surface area contributed by atoms with Gasteiger partial charge in [0.1, 0.15) is 5.69 Å². The molecule has 1 aromatic heterocycles. The van der Waals surface area contributed by atoms with Gasteiger partial charge in [0.15, 0.2) is 0 Å². The van der Waals surface area contributed by atoms with Gasteiger partial charge in [0.25, 0.3) is 5.91 Å². The Kier molecular flexibility index (Phi) is 4.33. The number of hydrogen-bond donors (Lipinski definition) is 2. The van der Waals surface area contributed by atoms with Crippen LogP contribution in [0.2, 0.25) is 0 Å². The van der Waals surface area contributed by atoms with Crippen LogP contribution < -0.4 is 5.32 Å². The SMILES string of the molecule is CC1CCC(C)(C)c2ccc(NC(=O)c3ccc(C(=O)O)nc3)cc21. The smallest absolute Gasteiger partial charge is 0.354 e. The summed E-state index contributed by atoms with van der Waals surface area (Å²) in [5.41, 5.74) is 3.78. The van der Waals surface area contributed by atoms with Crippen LogP contribution in [0.25, 0.3) is 0 Å². The van der Waals surface area contributed by atoms with Gasteiger partial charge in [-0.25, -0.2) is 9.78 Å². The number of carbonyl (C=O) groups is 2. The quantitative estimate of drug-likeness (QED) is 0.879. The molecule has 0 bridgehead atoms. The monoisotopic (exact) mass is 338 g/mol. The predicted octanol–water partition coefficient (Wildman–Crippen LogP) is 4.21. The summed E-state index contributed by atoms with van der Waals surface area (Å²) < 4.78 is 0. The average molecular weight is 338 g/mol. The highest BCUT2D eigenvalue weighted by atomic mass is 16.4. The molecule has 0 spiro atoms. The molecule has 25 heavy (non-hydrogen) atoms. The summed E-state index contributed by atoms with van der Waals surface area (Å²) in [4.78, 5) is 27.0. The van der Waals surface area contributed by atoms with Crippen LogP contribution in [0.1, 0.15) is 71.5 Å². The molecule has 0 saturated heterocycles. The van der Waals surface area contributed by atoms with Crippen molar-refractivity contribution in [1.29, 1.82) is 0 Å². The van der Waals surface area contributed by atoms with Crippen LogP contribution in [-0.4, -0.2) is 22.0 Å². The number of rotatable bonds is 3. The fourth-order valence-electron chi connectivity index (χ4n) is 3.39. The molecule has 5 nitrogen and oxygen atoms in total. The molecule has 2 aromatic rings. The number of pyridine rings is 1. The summed E-state index contributed by atoms with van der Waals surface area (Å²) in [6.45, 7) is 6.73. The molecule has 0 fully saturated rings. The van der Waals surface area contributed by atoms with Crippen molar-refractivity contribution in [2.45, 2.75) is 44.9 Å². The maximum absolute atomic E-state index is 12.4. The van der Waals surface area contributed by atoms with Crippen molar-refractivity contribution in [2.75, 3.05) is 5.32 Å². The molecular weight excluding hydrogens is 316 g/mol. The van der Waals surface area contributed by atoms with Crippen LogP contribution in [0.15, 0.2) is 36.5 Å². The topological polar surface area (TPSA) is 79.3 Å². The average Bonchev–Trinajstić information content (AvgIpc) is 2.58. The number of aromatic nitrogens is 1. The predicted molar refractivity (Wildman–Crippen MR) is 96.3 cm³/mol. The fraction of sp³-hybridized carbons (Fsp3) is 0.350. The standard InChI is InChI=1S/C20H22N2O3/c1-12-8-9-20(2,3)16-6-5-14(10-15(12)16)22-18(23)13-4-7-17(19(24)25)21-11-13/h4-7,10-12H,8-9H2,1-3H3,(H,22,23)(H,24,25). The Labute approximate surface area is 147 Å². The number of carbonyl (C=O) groups excluding carboxylic acids is 1. The van der Waals surface area contributed by atoms with E-state index in [1.807, 2.05) is 6.07 Å². The molecule has 3 rings (SSSR count). The van der Waals surface area contributed by atoms with Crippen molar-refractivity contribution in [3.8, 4) is 0 Å². The summed E-state index contributed by atoms with van der Waals surface area (Å²) in [6, 6.07) is 8.88. The zero-order chi connectivity index (χ0) is 18.2. The first kappa shape index (κ1) is 17.1. The molecule has 0 aliphatic heterocycles. The lowest BCUT2D eigenvalue weighted by atomic mass is 9.69. The van der Waals surface area contributed by atoms with Crippen molar-refractivity contribution in [3.05, 3.63) is 58.9 Å². The molecule has 1 aliphatic carbocycles. The first-order valence-electron chi connectivity index (χ1n) is 8.43. The summed E-state index contributed by atoms with van der Waals surface area (Å²) >= 11 is 0. The number of carboxylic acid groups (broad SMARTS) is 1. The molecule has 1 aliphatic rings. The number of anilines is 1. The lowest BCUT2D eigenvalue weighted by Gasteiger charge is -2.36. The van der Waals surface area contributed by atoms with Crippen LogP contribution in [0.4, 0.5) is 5.69 Å². The Morgan fingerprint density at radius 1 is 1.24 bits per heavy atom. The lowest BCUT2D eigenvalue weighted by molar-refractivity contribution is 0.0690. The van der Waals surface area contributed by atoms with Gasteiger partial charge in [0.05, 0.1) is 5.56 Å². The number of benzene rings is 1. The van der Waals surface area contributed by atoms with E-state index in [1.165, 1.54) is 29.5 Å². The van der Waals surface area contributed by atoms with Crippen LogP contribution in [0.3, 0.4) is 0 Å². The second-order valence-corrected chi connectivity index (χ2v) is 7.32. The number of nitrogens with one attached hydrogen (secondary N) is 1. The number of aromatic carboxylic acids is 1. The second-order valence-electron chi connectivity index (χ2n) is 7.32. The Morgan fingerprint density at radius 3 is 2.64 bits per heavy atom. The minimum absolute atomic E-state index is 0.0820. The van der Waals surface area contributed by atoms with E-state index < -0.39 is 5.97 Å². The van der Waals surface area contributed by atoms with Gasteiger partial charge in [-0.1, -0.05) is 26.8 Å². The van der Waals surface area contributed by atoms with Crippen molar-refractivity contribution in [3.63, 3.8) is 0 Å². The van der Waals surface area contributed by atoms with Crippen LogP contribution in [0, 0.1) is 0 Å². The third-order valence-electron chi connectivity index (χ3n) is 5.02. The number of carboxylic acids is 1. The highest BCUT2D eigenvalue weighted by Gasteiger charge is 2.30. The molecule has 1 atom stereocenters. The molecule has 1 unspecified atom stereocenters. The zero-order valence-corrected chi connectivity index (χ0v) is 14.7. The maximum atomic E-state index is 12.4. The number of amides is 1. The minimum Gasteiger partial charge on any atom is -0.477 e. The Balaban J connectivity index is 1.82. The molecular formula is C20H22N2O3. The molecule has 2 N–H and O–H groups in total. The van der Waals surface area contributed by atoms with Crippen molar-refractivity contribution < 1.29 is 14.7 Å². The fourth-order valence-corrected chi connectivity index (χ4v) is 3.39. The zero-order valence-electron chi connectivity index (χ0n) is 14.7. The Bertz CT molecular complexity index is 825. The second kappa shape index (κ2) is 6.31. The van der Waals surface area contributed by atoms with E-state index in [2.05, 4.69) is 43.2 Å². The molecule has 130 valence electrons. The molecule has 1 aromatic carbocycles. The van der Waals surface area contributed by atoms with Crippen LogP contribution >= 0.6 is 0 Å². The van der Waals surface area contributed by atoms with Gasteiger partial charge in [-0.3, -0.25) is 4.79 Å². The van der Waals surface area contributed by atoms with Gasteiger partial charge in [-0.2, -0.15) is 0 Å². The first-order valence-corrected chi connectivity index (χ1v) is 8.43. The molecule has 0 radical (unpaired) electrons. The lowest BCUT2D eigenvalue weighted by Crippen LogP contribution is -2.25. The minimum atomic E-state index is -1.11. The molecule has 1 heterocycles. The molecule has 0 saturated carbocycles. The van der Waals surface area contributed by atoms with E-state index >= 15 is 0 Å². The van der Waals surface area contributed by atoms with Gasteiger partial charge in [0, 0.05) is 11.9 Å². The van der Waals surface area contributed by atoms with E-state index in [0.29, 0.717) is 11.5 Å². The van der Waals surface area contributed by atoms with E-state index in [9.17, 15) is 9.59 Å². The first-order chi connectivity index (χ1) is 11.8. The van der Waals surface area contributed by atoms with Crippen LogP contribution in [-0.2, 0) is 5.41 Å². The maximum Gasteiger partial charge on any atom is 0.354 e. The summed E-state index contributed by atoms with van der Waals surface area (Å²) in [6.07, 6.45) is 3.58. The van der Waals surface area contributed by atoms with Gasteiger partial charge in [-0.05, 0) is 59.6 Å². The van der Waals surface area contributed by atoms with Crippen molar-refractivity contribution in [1.82, 2.24) is 4.98 Å². The van der Waals surface area contributed by atoms with Gasteiger partial charge in [-0.15, -0.1) is 0 Å². The van der Waals surface area contributed by atoms with Crippen molar-refractivity contribution >= 4 is 17.6 Å². The molecule has 5 heteroatoms. The van der Waals surface area contributed by atoms with E-state index in [1.54, 1.807) is 0 Å². The van der Waals surface area contributed by atoms with E-state index in [4.69, 9.17) is 5.11 Å². The van der Waals surface area contributed by atoms with Crippen molar-refractivity contribution in [2.24, 2.45) is 0 Å². The summed E-state index contributed by atoms with van der Waals surface area (Å²) in [5, 5.41) is 11.7. The number of nitrogens with zero attached hydrogens (tertiary/aromatic N) is 1. The number of fused-ring (bicyclic) bond motifs is 1. The van der Waals surface area contributed by atoms with Gasteiger partial charge >= 0.3 is 5.97 Å². The van der Waals surface area contributed by atoms with E-state index in [-0.39, 0.29) is 17.0 Å². The highest BCUT2D eigenvalue weighted by molar-refractivity contribution is 6.04. The number of hydrogen-bond acceptors (Lipinski definition) is 3. The van der Waals surface area contributed by atoms with Gasteiger partial charge in [0.2, 0.25) is 0 Å². The third kappa shape index (κ3) is 3.40.